The van der Waals surface area contributed by atoms with Gasteiger partial charge in [0.1, 0.15) is 12.6 Å². The van der Waals surface area contributed by atoms with Crippen molar-refractivity contribution in [2.24, 2.45) is 5.92 Å². The predicted octanol–water partition coefficient (Wildman–Crippen LogP) is 1.35. The number of benzene rings is 1. The van der Waals surface area contributed by atoms with Crippen molar-refractivity contribution in [2.45, 2.75) is 25.3 Å². The first-order valence-electron chi connectivity index (χ1n) is 6.98. The molecule has 1 aromatic rings. The minimum Gasteiger partial charge on any atom is -0.480 e. The molecule has 0 radical (unpaired) electrons. The van der Waals surface area contributed by atoms with E-state index in [1.807, 2.05) is 24.3 Å². The normalized spacial score (nSPS) is 20.1. The molecule has 1 heterocycles. The number of carbonyl (C=O) groups is 2. The molecule has 1 aromatic carbocycles. The topological polar surface area (TPSA) is 69.6 Å². The third kappa shape index (κ3) is 2.76. The van der Waals surface area contributed by atoms with Gasteiger partial charge in [0, 0.05) is 18.7 Å². The van der Waals surface area contributed by atoms with E-state index < -0.39 is 5.97 Å². The zero-order valence-electron chi connectivity index (χ0n) is 11.2. The second-order valence-corrected chi connectivity index (χ2v) is 5.61. The van der Waals surface area contributed by atoms with E-state index in [1.165, 1.54) is 4.90 Å². The van der Waals surface area contributed by atoms with E-state index in [0.717, 1.165) is 24.1 Å². The van der Waals surface area contributed by atoms with Gasteiger partial charge >= 0.3 is 5.97 Å². The maximum absolute atomic E-state index is 12.5. The van der Waals surface area contributed by atoms with Gasteiger partial charge in [-0.25, -0.2) is 0 Å². The van der Waals surface area contributed by atoms with Gasteiger partial charge in [0.2, 0.25) is 5.91 Å². The van der Waals surface area contributed by atoms with Crippen LogP contribution in [0.25, 0.3) is 0 Å². The Kier molecular flexibility index (Phi) is 3.34. The Morgan fingerprint density at radius 3 is 2.70 bits per heavy atom. The number of carboxylic acid groups (broad SMARTS) is 1. The molecular weight excluding hydrogens is 256 g/mol. The maximum Gasteiger partial charge on any atom is 0.323 e. The fourth-order valence-electron chi connectivity index (χ4n) is 2.68. The molecule has 2 N–H and O–H groups in total. The smallest absolute Gasteiger partial charge is 0.323 e. The van der Waals surface area contributed by atoms with Crippen LogP contribution in [0.4, 0.5) is 5.69 Å². The highest BCUT2D eigenvalue weighted by atomic mass is 16.4. The van der Waals surface area contributed by atoms with E-state index in [4.69, 9.17) is 5.11 Å². The van der Waals surface area contributed by atoms with Gasteiger partial charge in [0.05, 0.1) is 0 Å². The average molecular weight is 274 g/mol. The molecule has 1 aliphatic heterocycles. The zero-order valence-corrected chi connectivity index (χ0v) is 11.2. The zero-order chi connectivity index (χ0) is 14.1. The summed E-state index contributed by atoms with van der Waals surface area (Å²) in [5, 5.41) is 12.2. The molecule has 1 aliphatic carbocycles. The van der Waals surface area contributed by atoms with E-state index in [9.17, 15) is 9.59 Å². The number of hydrogen-bond donors (Lipinski definition) is 2. The molecule has 0 aromatic heterocycles. The number of carbonyl (C=O) groups excluding carboxylic acids is 1. The van der Waals surface area contributed by atoms with Crippen LogP contribution < -0.4 is 5.32 Å². The highest BCUT2D eigenvalue weighted by Crippen LogP contribution is 2.31. The van der Waals surface area contributed by atoms with Crippen molar-refractivity contribution in [1.82, 2.24) is 4.90 Å². The second-order valence-electron chi connectivity index (χ2n) is 5.61. The molecule has 1 fully saturated rings. The van der Waals surface area contributed by atoms with Crippen LogP contribution in [0.3, 0.4) is 0 Å². The van der Waals surface area contributed by atoms with Gasteiger partial charge in [-0.2, -0.15) is 0 Å². The summed E-state index contributed by atoms with van der Waals surface area (Å²) in [6.07, 6.45) is 2.83. The molecular formula is C15H18N2O3. The van der Waals surface area contributed by atoms with Crippen LogP contribution >= 0.6 is 0 Å². The van der Waals surface area contributed by atoms with E-state index >= 15 is 0 Å². The SMILES string of the molecule is O=C(O)CN(CC1CC1)C(=O)[C@@H]1Cc2ccccc2N1. The van der Waals surface area contributed by atoms with Crippen LogP contribution in [-0.4, -0.2) is 41.0 Å². The Labute approximate surface area is 117 Å². The lowest BCUT2D eigenvalue weighted by atomic mass is 10.1. The van der Waals surface area contributed by atoms with Crippen molar-refractivity contribution in [1.29, 1.82) is 0 Å². The third-order valence-corrected chi connectivity index (χ3v) is 3.88. The molecule has 2 aliphatic rings. The van der Waals surface area contributed by atoms with E-state index in [2.05, 4.69) is 5.32 Å². The Morgan fingerprint density at radius 2 is 2.05 bits per heavy atom. The molecule has 1 saturated carbocycles. The highest BCUT2D eigenvalue weighted by molar-refractivity contribution is 5.89. The lowest BCUT2D eigenvalue weighted by Gasteiger charge is -2.24. The lowest BCUT2D eigenvalue weighted by Crippen LogP contribution is -2.45. The highest BCUT2D eigenvalue weighted by Gasteiger charge is 2.34. The molecule has 3 rings (SSSR count). The lowest BCUT2D eigenvalue weighted by molar-refractivity contribution is -0.144. The number of carboxylic acids is 1. The number of para-hydroxylation sites is 1. The quantitative estimate of drug-likeness (QED) is 0.850. The Balaban J connectivity index is 1.69. The summed E-state index contributed by atoms with van der Waals surface area (Å²) in [5.74, 6) is -0.563. The van der Waals surface area contributed by atoms with Crippen molar-refractivity contribution in [3.63, 3.8) is 0 Å². The molecule has 20 heavy (non-hydrogen) atoms. The van der Waals surface area contributed by atoms with Crippen LogP contribution in [0.1, 0.15) is 18.4 Å². The Morgan fingerprint density at radius 1 is 1.30 bits per heavy atom. The van der Waals surface area contributed by atoms with Gasteiger partial charge < -0.3 is 15.3 Å². The summed E-state index contributed by atoms with van der Waals surface area (Å²) in [5.41, 5.74) is 2.10. The summed E-state index contributed by atoms with van der Waals surface area (Å²) in [4.78, 5) is 24.9. The molecule has 106 valence electrons. The number of rotatable bonds is 5. The van der Waals surface area contributed by atoms with Crippen LogP contribution in [0, 0.1) is 5.92 Å². The molecule has 1 atom stereocenters. The minimum absolute atomic E-state index is 0.101. The van der Waals surface area contributed by atoms with Crippen molar-refractivity contribution in [3.05, 3.63) is 29.8 Å². The average Bonchev–Trinajstić information content (AvgIpc) is 3.12. The van der Waals surface area contributed by atoms with Crippen LogP contribution in [0.15, 0.2) is 24.3 Å². The maximum atomic E-state index is 12.5. The number of aliphatic carboxylic acids is 1. The van der Waals surface area contributed by atoms with E-state index in [1.54, 1.807) is 0 Å². The van der Waals surface area contributed by atoms with Gasteiger partial charge in [0.15, 0.2) is 0 Å². The molecule has 0 spiro atoms. The summed E-state index contributed by atoms with van der Waals surface area (Å²) < 4.78 is 0. The summed E-state index contributed by atoms with van der Waals surface area (Å²) in [7, 11) is 0. The summed E-state index contributed by atoms with van der Waals surface area (Å²) >= 11 is 0. The van der Waals surface area contributed by atoms with E-state index in [0.29, 0.717) is 18.9 Å². The number of nitrogens with zero attached hydrogens (tertiary/aromatic N) is 1. The molecule has 0 bridgehead atoms. The number of anilines is 1. The molecule has 0 unspecified atom stereocenters. The number of amides is 1. The van der Waals surface area contributed by atoms with Crippen molar-refractivity contribution in [3.8, 4) is 0 Å². The summed E-state index contributed by atoms with van der Waals surface area (Å²) in [6, 6.07) is 7.50. The third-order valence-electron chi connectivity index (χ3n) is 3.88. The monoisotopic (exact) mass is 274 g/mol. The van der Waals surface area contributed by atoms with Gasteiger partial charge in [-0.3, -0.25) is 9.59 Å². The fourth-order valence-corrected chi connectivity index (χ4v) is 2.68. The fraction of sp³-hybridized carbons (Fsp3) is 0.467. The van der Waals surface area contributed by atoms with Crippen molar-refractivity contribution >= 4 is 17.6 Å². The molecule has 5 nitrogen and oxygen atoms in total. The molecule has 1 amide bonds. The molecule has 0 saturated heterocycles. The Hall–Kier alpha value is -2.04. The van der Waals surface area contributed by atoms with Crippen LogP contribution in [-0.2, 0) is 16.0 Å². The minimum atomic E-state index is -0.950. The Bertz CT molecular complexity index is 515. The number of fused-ring (bicyclic) bond motifs is 1. The van der Waals surface area contributed by atoms with Gasteiger partial charge in [-0.05, 0) is 30.4 Å². The van der Waals surface area contributed by atoms with Crippen LogP contribution in [0.5, 0.6) is 0 Å². The predicted molar refractivity (Wildman–Crippen MR) is 74.5 cm³/mol. The number of hydrogen-bond acceptors (Lipinski definition) is 3. The van der Waals surface area contributed by atoms with Gasteiger partial charge in [-0.1, -0.05) is 18.2 Å². The standard InChI is InChI=1S/C15H18N2O3/c18-14(19)9-17(8-10-5-6-10)15(20)13-7-11-3-1-2-4-12(11)16-13/h1-4,10,13,16H,5-9H2,(H,18,19)/t13-/m0/s1. The summed E-state index contributed by atoms with van der Waals surface area (Å²) in [6.45, 7) is 0.365. The van der Waals surface area contributed by atoms with Gasteiger partial charge in [-0.15, -0.1) is 0 Å². The van der Waals surface area contributed by atoms with Crippen LogP contribution in [0.2, 0.25) is 0 Å². The van der Waals surface area contributed by atoms with Crippen molar-refractivity contribution in [2.75, 3.05) is 18.4 Å². The largest absolute Gasteiger partial charge is 0.480 e. The number of nitrogens with one attached hydrogen (secondary N) is 1. The van der Waals surface area contributed by atoms with E-state index in [-0.39, 0.29) is 18.5 Å². The second kappa shape index (κ2) is 5.15. The van der Waals surface area contributed by atoms with Crippen molar-refractivity contribution < 1.29 is 14.7 Å². The molecule has 5 heteroatoms. The first-order valence-corrected chi connectivity index (χ1v) is 6.98. The first kappa shape index (κ1) is 13.0. The van der Waals surface area contributed by atoms with Gasteiger partial charge in [0.25, 0.3) is 0 Å². The first-order chi connectivity index (χ1) is 9.63.